The summed E-state index contributed by atoms with van der Waals surface area (Å²) in [5.74, 6) is -0.670. The van der Waals surface area contributed by atoms with Crippen molar-refractivity contribution in [1.29, 1.82) is 0 Å². The Morgan fingerprint density at radius 3 is 2.04 bits per heavy atom. The van der Waals surface area contributed by atoms with Gasteiger partial charge in [-0.05, 0) is 48.5 Å². The number of hydrogen-bond acceptors (Lipinski definition) is 4. The van der Waals surface area contributed by atoms with E-state index < -0.39 is 15.9 Å². The fourth-order valence-corrected chi connectivity index (χ4v) is 3.41. The van der Waals surface area contributed by atoms with Crippen LogP contribution in [0.25, 0.3) is 0 Å². The van der Waals surface area contributed by atoms with Gasteiger partial charge in [-0.25, -0.2) is 8.42 Å². The predicted molar refractivity (Wildman–Crippen MR) is 109 cm³/mol. The third kappa shape index (κ3) is 5.80. The summed E-state index contributed by atoms with van der Waals surface area (Å²) in [7, 11) is -0.431. The van der Waals surface area contributed by atoms with Gasteiger partial charge in [-0.2, -0.15) is 0 Å². The molecular formula is C18H20BrN3O4S. The quantitative estimate of drug-likeness (QED) is 0.727. The summed E-state index contributed by atoms with van der Waals surface area (Å²) in [4.78, 5) is 25.7. The van der Waals surface area contributed by atoms with E-state index in [9.17, 15) is 18.0 Å². The Hall–Kier alpha value is -2.39. The molecule has 0 saturated carbocycles. The monoisotopic (exact) mass is 453 g/mol. The Bertz CT molecular complexity index is 926. The average molecular weight is 454 g/mol. The van der Waals surface area contributed by atoms with E-state index in [1.54, 1.807) is 38.4 Å². The molecule has 0 heterocycles. The molecule has 0 aliphatic rings. The summed E-state index contributed by atoms with van der Waals surface area (Å²) in [6, 6.07) is 13.0. The molecule has 27 heavy (non-hydrogen) atoms. The van der Waals surface area contributed by atoms with Gasteiger partial charge < -0.3 is 10.2 Å². The first-order valence-electron chi connectivity index (χ1n) is 7.93. The lowest BCUT2D eigenvalue weighted by Crippen LogP contribution is -2.37. The number of nitrogens with zero attached hydrogens (tertiary/aromatic N) is 2. The molecule has 144 valence electrons. The van der Waals surface area contributed by atoms with Crippen molar-refractivity contribution >= 4 is 49.1 Å². The maximum absolute atomic E-state index is 12.3. The highest BCUT2D eigenvalue weighted by Crippen LogP contribution is 2.19. The molecule has 0 bridgehead atoms. The van der Waals surface area contributed by atoms with Gasteiger partial charge in [0.05, 0.1) is 11.9 Å². The minimum Gasteiger partial charge on any atom is -0.345 e. The molecule has 0 aliphatic heterocycles. The van der Waals surface area contributed by atoms with E-state index in [1.807, 2.05) is 0 Å². The van der Waals surface area contributed by atoms with E-state index in [0.717, 1.165) is 15.0 Å². The van der Waals surface area contributed by atoms with Crippen LogP contribution in [0.3, 0.4) is 0 Å². The molecule has 0 fully saturated rings. The molecular weight excluding hydrogens is 434 g/mol. The summed E-state index contributed by atoms with van der Waals surface area (Å²) in [6.45, 7) is -0.379. The van der Waals surface area contributed by atoms with E-state index in [2.05, 4.69) is 21.2 Å². The van der Waals surface area contributed by atoms with Crippen molar-refractivity contribution in [3.05, 3.63) is 58.6 Å². The number of anilines is 2. The Morgan fingerprint density at radius 2 is 1.56 bits per heavy atom. The highest BCUT2D eigenvalue weighted by Gasteiger charge is 2.21. The number of hydrogen-bond donors (Lipinski definition) is 1. The summed E-state index contributed by atoms with van der Waals surface area (Å²) in [5.41, 5.74) is 1.29. The van der Waals surface area contributed by atoms with Crippen LogP contribution in [0.15, 0.2) is 53.0 Å². The molecule has 1 N–H and O–H groups in total. The van der Waals surface area contributed by atoms with Crippen LogP contribution >= 0.6 is 15.9 Å². The zero-order valence-electron chi connectivity index (χ0n) is 15.1. The van der Waals surface area contributed by atoms with Crippen LogP contribution in [-0.2, 0) is 14.8 Å². The van der Waals surface area contributed by atoms with Crippen molar-refractivity contribution < 1.29 is 18.0 Å². The van der Waals surface area contributed by atoms with Crippen molar-refractivity contribution in [2.24, 2.45) is 0 Å². The first-order valence-corrected chi connectivity index (χ1v) is 10.6. The maximum atomic E-state index is 12.3. The molecule has 0 radical (unpaired) electrons. The summed E-state index contributed by atoms with van der Waals surface area (Å²) in [6.07, 6.45) is 1.03. The standard InChI is InChI=1S/C18H20BrN3O4S/c1-21(2)18(24)13-4-10-16(11-5-13)22(27(3,25)26)12-17(23)20-15-8-6-14(19)7-9-15/h4-11H,12H2,1-3H3,(H,20,23). The van der Waals surface area contributed by atoms with Gasteiger partial charge >= 0.3 is 0 Å². The summed E-state index contributed by atoms with van der Waals surface area (Å²) >= 11 is 3.31. The molecule has 2 aromatic carbocycles. The van der Waals surface area contributed by atoms with Gasteiger partial charge in [0, 0.05) is 29.8 Å². The maximum Gasteiger partial charge on any atom is 0.253 e. The SMILES string of the molecule is CN(C)C(=O)c1ccc(N(CC(=O)Nc2ccc(Br)cc2)S(C)(=O)=O)cc1. The van der Waals surface area contributed by atoms with Gasteiger partial charge in [-0.3, -0.25) is 13.9 Å². The molecule has 0 aliphatic carbocycles. The zero-order chi connectivity index (χ0) is 20.2. The third-order valence-electron chi connectivity index (χ3n) is 3.62. The lowest BCUT2D eigenvalue weighted by Gasteiger charge is -2.22. The second kappa shape index (κ2) is 8.53. The minimum atomic E-state index is -3.69. The van der Waals surface area contributed by atoms with Crippen LogP contribution in [0.1, 0.15) is 10.4 Å². The smallest absolute Gasteiger partial charge is 0.253 e. The topological polar surface area (TPSA) is 86.8 Å². The predicted octanol–water partition coefficient (Wildman–Crippen LogP) is 2.56. The number of benzene rings is 2. The molecule has 2 aromatic rings. The van der Waals surface area contributed by atoms with Crippen LogP contribution in [0, 0.1) is 0 Å². The highest BCUT2D eigenvalue weighted by atomic mass is 79.9. The second-order valence-electron chi connectivity index (χ2n) is 6.07. The fourth-order valence-electron chi connectivity index (χ4n) is 2.29. The van der Waals surface area contributed by atoms with Gasteiger partial charge in [0.25, 0.3) is 5.91 Å². The largest absolute Gasteiger partial charge is 0.345 e. The van der Waals surface area contributed by atoms with Gasteiger partial charge in [-0.1, -0.05) is 15.9 Å². The lowest BCUT2D eigenvalue weighted by atomic mass is 10.2. The van der Waals surface area contributed by atoms with Crippen molar-refractivity contribution in [3.8, 4) is 0 Å². The molecule has 0 aromatic heterocycles. The molecule has 2 rings (SSSR count). The molecule has 0 saturated heterocycles. The fraction of sp³-hybridized carbons (Fsp3) is 0.222. The van der Waals surface area contributed by atoms with Crippen LogP contribution < -0.4 is 9.62 Å². The molecule has 0 unspecified atom stereocenters. The number of sulfonamides is 1. The van der Waals surface area contributed by atoms with Gasteiger partial charge in [0.15, 0.2) is 0 Å². The van der Waals surface area contributed by atoms with Crippen molar-refractivity contribution in [2.75, 3.05) is 36.5 Å². The minimum absolute atomic E-state index is 0.194. The zero-order valence-corrected chi connectivity index (χ0v) is 17.5. The Labute approximate surface area is 167 Å². The van der Waals surface area contributed by atoms with Gasteiger partial charge in [-0.15, -0.1) is 0 Å². The molecule has 0 atom stereocenters. The third-order valence-corrected chi connectivity index (χ3v) is 5.29. The number of nitrogens with one attached hydrogen (secondary N) is 1. The number of halogens is 1. The van der Waals surface area contributed by atoms with Crippen molar-refractivity contribution in [3.63, 3.8) is 0 Å². The number of amides is 2. The first kappa shape index (κ1) is 20.9. The summed E-state index contributed by atoms with van der Waals surface area (Å²) < 4.78 is 26.2. The Kier molecular flexibility index (Phi) is 6.61. The van der Waals surface area contributed by atoms with E-state index in [-0.39, 0.29) is 12.5 Å². The number of rotatable bonds is 6. The van der Waals surface area contributed by atoms with E-state index in [4.69, 9.17) is 0 Å². The molecule has 7 nitrogen and oxygen atoms in total. The summed E-state index contributed by atoms with van der Waals surface area (Å²) in [5, 5.41) is 2.66. The average Bonchev–Trinajstić information content (AvgIpc) is 2.60. The van der Waals surface area contributed by atoms with E-state index in [1.165, 1.54) is 29.2 Å². The Balaban J connectivity index is 2.19. The van der Waals surface area contributed by atoms with Crippen LogP contribution in [-0.4, -0.2) is 52.0 Å². The molecule has 9 heteroatoms. The van der Waals surface area contributed by atoms with Crippen molar-refractivity contribution in [2.45, 2.75) is 0 Å². The van der Waals surface area contributed by atoms with Gasteiger partial charge in [0.2, 0.25) is 15.9 Å². The first-order chi connectivity index (χ1) is 12.6. The normalized spacial score (nSPS) is 11.0. The number of carbonyl (C=O) groups excluding carboxylic acids is 2. The lowest BCUT2D eigenvalue weighted by molar-refractivity contribution is -0.114. The van der Waals surface area contributed by atoms with Crippen LogP contribution in [0.2, 0.25) is 0 Å². The van der Waals surface area contributed by atoms with Crippen LogP contribution in [0.5, 0.6) is 0 Å². The van der Waals surface area contributed by atoms with Crippen LogP contribution in [0.4, 0.5) is 11.4 Å². The number of carbonyl (C=O) groups is 2. The van der Waals surface area contributed by atoms with E-state index >= 15 is 0 Å². The van der Waals surface area contributed by atoms with Crippen molar-refractivity contribution in [1.82, 2.24) is 4.90 Å². The molecule has 0 spiro atoms. The molecule has 2 amide bonds. The Morgan fingerprint density at radius 1 is 1.00 bits per heavy atom. The van der Waals surface area contributed by atoms with Gasteiger partial charge in [0.1, 0.15) is 6.54 Å². The second-order valence-corrected chi connectivity index (χ2v) is 8.89. The highest BCUT2D eigenvalue weighted by molar-refractivity contribution is 9.10. The van der Waals surface area contributed by atoms with E-state index in [0.29, 0.717) is 16.9 Å².